The van der Waals surface area contributed by atoms with Gasteiger partial charge in [0.2, 0.25) is 0 Å². The van der Waals surface area contributed by atoms with E-state index in [2.05, 4.69) is 22.6 Å². The molecule has 0 atom stereocenters. The number of terminal acetylenes is 1. The summed E-state index contributed by atoms with van der Waals surface area (Å²) in [6.07, 6.45) is 7.11. The molecule has 0 saturated carbocycles. The van der Waals surface area contributed by atoms with Crippen LogP contribution in [0.2, 0.25) is 0 Å². The number of amidine groups is 1. The Morgan fingerprint density at radius 2 is 2.29 bits per heavy atom. The number of nitrogens with zero attached hydrogens (tertiary/aromatic N) is 1. The summed E-state index contributed by atoms with van der Waals surface area (Å²) in [5.41, 5.74) is 0.493. The molecular weight excluding hydrogens is 308 g/mol. The first kappa shape index (κ1) is 15.7. The standard InChI is InChI=1S/C14H16N2O3S2/c1-3-5-8-19-11-6-7-12-13(10-11)21(17,18)16-14(15-12)20-9-4-2/h2,6-7,10H,3,5,8-9H2,1H3,(H,15,16). The third kappa shape index (κ3) is 3.93. The van der Waals surface area contributed by atoms with Crippen LogP contribution in [-0.2, 0) is 10.0 Å². The first-order valence-electron chi connectivity index (χ1n) is 6.52. The number of hydrogen-bond acceptors (Lipinski definition) is 5. The normalized spacial score (nSPS) is 15.3. The highest BCUT2D eigenvalue weighted by atomic mass is 32.2. The van der Waals surface area contributed by atoms with E-state index in [1.807, 2.05) is 0 Å². The van der Waals surface area contributed by atoms with E-state index >= 15 is 0 Å². The molecule has 0 bridgehead atoms. The van der Waals surface area contributed by atoms with Gasteiger partial charge in [0, 0.05) is 6.07 Å². The van der Waals surface area contributed by atoms with Gasteiger partial charge in [0.1, 0.15) is 10.6 Å². The van der Waals surface area contributed by atoms with Crippen LogP contribution in [0.25, 0.3) is 0 Å². The number of ether oxygens (including phenoxy) is 1. The molecule has 0 unspecified atom stereocenters. The number of anilines is 1. The summed E-state index contributed by atoms with van der Waals surface area (Å²) in [5, 5.41) is 3.26. The van der Waals surface area contributed by atoms with Crippen LogP contribution in [0, 0.1) is 12.3 Å². The number of hydrogen-bond donors (Lipinski definition) is 1. The number of sulfonamides is 1. The molecule has 1 heterocycles. The minimum atomic E-state index is -3.72. The van der Waals surface area contributed by atoms with Gasteiger partial charge in [0.15, 0.2) is 5.17 Å². The first-order chi connectivity index (χ1) is 10.1. The molecule has 1 N–H and O–H groups in total. The second-order valence-electron chi connectivity index (χ2n) is 4.35. The van der Waals surface area contributed by atoms with E-state index in [9.17, 15) is 8.42 Å². The smallest absolute Gasteiger partial charge is 0.286 e. The van der Waals surface area contributed by atoms with Gasteiger partial charge in [0.05, 0.1) is 18.0 Å². The van der Waals surface area contributed by atoms with Crippen LogP contribution < -0.4 is 10.1 Å². The van der Waals surface area contributed by atoms with Crippen LogP contribution in [0.5, 0.6) is 5.75 Å². The highest BCUT2D eigenvalue weighted by Crippen LogP contribution is 2.32. The fraction of sp³-hybridized carbons (Fsp3) is 0.357. The highest BCUT2D eigenvalue weighted by Gasteiger charge is 2.25. The van der Waals surface area contributed by atoms with Crippen LogP contribution in [0.15, 0.2) is 27.5 Å². The Balaban J connectivity index is 2.23. The lowest BCUT2D eigenvalue weighted by Gasteiger charge is -2.18. The van der Waals surface area contributed by atoms with E-state index in [1.54, 1.807) is 12.1 Å². The Bertz CT molecular complexity index is 691. The van der Waals surface area contributed by atoms with Gasteiger partial charge in [-0.3, -0.25) is 0 Å². The van der Waals surface area contributed by atoms with Crippen LogP contribution in [0.1, 0.15) is 19.8 Å². The van der Waals surface area contributed by atoms with Crippen molar-refractivity contribution in [3.8, 4) is 18.1 Å². The summed E-state index contributed by atoms with van der Waals surface area (Å²) < 4.78 is 33.6. The highest BCUT2D eigenvalue weighted by molar-refractivity contribution is 8.15. The summed E-state index contributed by atoms with van der Waals surface area (Å²) in [7, 11) is -3.72. The predicted molar refractivity (Wildman–Crippen MR) is 86.4 cm³/mol. The molecule has 1 aliphatic heterocycles. The van der Waals surface area contributed by atoms with E-state index in [-0.39, 0.29) is 4.90 Å². The van der Waals surface area contributed by atoms with Gasteiger partial charge >= 0.3 is 0 Å². The van der Waals surface area contributed by atoms with Crippen molar-refractivity contribution < 1.29 is 13.2 Å². The molecule has 0 radical (unpaired) electrons. The minimum absolute atomic E-state index is 0.126. The molecule has 112 valence electrons. The summed E-state index contributed by atoms with van der Waals surface area (Å²) in [6.45, 7) is 2.63. The van der Waals surface area contributed by atoms with Crippen molar-refractivity contribution in [2.45, 2.75) is 24.7 Å². The van der Waals surface area contributed by atoms with E-state index in [4.69, 9.17) is 11.2 Å². The van der Waals surface area contributed by atoms with Crippen LogP contribution in [0.4, 0.5) is 5.69 Å². The van der Waals surface area contributed by atoms with Gasteiger partial charge in [-0.25, -0.2) is 0 Å². The van der Waals surface area contributed by atoms with Gasteiger partial charge in [-0.15, -0.1) is 10.8 Å². The maximum atomic E-state index is 12.2. The maximum absolute atomic E-state index is 12.2. The van der Waals surface area contributed by atoms with Crippen LogP contribution in [0.3, 0.4) is 0 Å². The molecule has 0 saturated heterocycles. The third-order valence-corrected chi connectivity index (χ3v) is 4.94. The number of unbranched alkanes of at least 4 members (excludes halogenated alkanes) is 1. The average Bonchev–Trinajstić information content (AvgIpc) is 2.45. The van der Waals surface area contributed by atoms with E-state index < -0.39 is 10.0 Å². The molecule has 0 fully saturated rings. The van der Waals surface area contributed by atoms with Crippen molar-refractivity contribution in [3.05, 3.63) is 18.2 Å². The number of fused-ring (bicyclic) bond motifs is 1. The summed E-state index contributed by atoms with van der Waals surface area (Å²) in [5.74, 6) is 3.32. The number of rotatable bonds is 5. The molecule has 2 rings (SSSR count). The Kier molecular flexibility index (Phi) is 5.15. The van der Waals surface area contributed by atoms with Gasteiger partial charge in [0.25, 0.3) is 10.0 Å². The first-order valence-corrected chi connectivity index (χ1v) is 8.94. The van der Waals surface area contributed by atoms with Crippen molar-refractivity contribution in [1.82, 2.24) is 0 Å². The van der Waals surface area contributed by atoms with Crippen LogP contribution >= 0.6 is 11.8 Å². The lowest BCUT2D eigenvalue weighted by molar-refractivity contribution is 0.308. The van der Waals surface area contributed by atoms with Crippen molar-refractivity contribution in [1.29, 1.82) is 0 Å². The van der Waals surface area contributed by atoms with E-state index in [0.717, 1.165) is 12.8 Å². The maximum Gasteiger partial charge on any atom is 0.286 e. The lowest BCUT2D eigenvalue weighted by Crippen LogP contribution is -2.19. The molecule has 1 aliphatic rings. The Morgan fingerprint density at radius 3 is 3.00 bits per heavy atom. The van der Waals surface area contributed by atoms with E-state index in [1.165, 1.54) is 17.8 Å². The fourth-order valence-electron chi connectivity index (χ4n) is 1.71. The van der Waals surface area contributed by atoms with Crippen LogP contribution in [-0.4, -0.2) is 25.9 Å². The van der Waals surface area contributed by atoms with Gasteiger partial charge in [-0.1, -0.05) is 31.0 Å². The monoisotopic (exact) mass is 324 g/mol. The molecule has 0 aromatic heterocycles. The second kappa shape index (κ2) is 6.87. The number of nitrogens with one attached hydrogen (secondary N) is 1. The van der Waals surface area contributed by atoms with Crippen molar-refractivity contribution in [2.75, 3.05) is 17.7 Å². The average molecular weight is 324 g/mol. The third-order valence-electron chi connectivity index (χ3n) is 2.73. The van der Waals surface area contributed by atoms with E-state index in [0.29, 0.717) is 29.0 Å². The molecule has 21 heavy (non-hydrogen) atoms. The molecule has 5 nitrogen and oxygen atoms in total. The zero-order valence-corrected chi connectivity index (χ0v) is 13.3. The zero-order valence-electron chi connectivity index (χ0n) is 11.6. The largest absolute Gasteiger partial charge is 0.494 e. The Labute approximate surface area is 129 Å². The topological polar surface area (TPSA) is 67.8 Å². The minimum Gasteiger partial charge on any atom is -0.494 e. The molecule has 0 spiro atoms. The number of benzene rings is 1. The summed E-state index contributed by atoms with van der Waals surface area (Å²) in [4.78, 5) is 0.126. The number of thioether (sulfide) groups is 1. The predicted octanol–water partition coefficient (Wildman–Crippen LogP) is 2.70. The molecule has 0 amide bonds. The van der Waals surface area contributed by atoms with Crippen molar-refractivity contribution in [2.24, 2.45) is 4.40 Å². The molecule has 7 heteroatoms. The van der Waals surface area contributed by atoms with Gasteiger partial charge in [-0.2, -0.15) is 8.42 Å². The molecule has 1 aromatic rings. The Hall–Kier alpha value is -1.65. The molecular formula is C14H16N2O3S2. The molecule has 1 aromatic carbocycles. The summed E-state index contributed by atoms with van der Waals surface area (Å²) in [6, 6.07) is 4.92. The van der Waals surface area contributed by atoms with Crippen molar-refractivity contribution >= 4 is 32.6 Å². The van der Waals surface area contributed by atoms with Crippen molar-refractivity contribution in [3.63, 3.8) is 0 Å². The zero-order chi connectivity index (χ0) is 15.3. The SMILES string of the molecule is C#CCSC1=NS(=O)(=O)c2cc(OCCCC)ccc2N1. The quantitative estimate of drug-likeness (QED) is 0.666. The second-order valence-corrected chi connectivity index (χ2v) is 6.89. The van der Waals surface area contributed by atoms with Gasteiger partial charge in [-0.05, 0) is 18.6 Å². The lowest BCUT2D eigenvalue weighted by atomic mass is 10.3. The Morgan fingerprint density at radius 1 is 1.48 bits per heavy atom. The summed E-state index contributed by atoms with van der Waals surface area (Å²) >= 11 is 1.18. The fourth-order valence-corrected chi connectivity index (χ4v) is 3.64. The molecule has 0 aliphatic carbocycles. The van der Waals surface area contributed by atoms with Gasteiger partial charge < -0.3 is 10.1 Å².